The van der Waals surface area contributed by atoms with Crippen molar-refractivity contribution >= 4 is 5.97 Å². The zero-order valence-electron chi connectivity index (χ0n) is 10.5. The van der Waals surface area contributed by atoms with E-state index in [2.05, 4.69) is 12.2 Å². The molecule has 1 atom stereocenters. The van der Waals surface area contributed by atoms with Crippen molar-refractivity contribution in [2.45, 2.75) is 25.2 Å². The highest BCUT2D eigenvalue weighted by molar-refractivity contribution is 5.89. The van der Waals surface area contributed by atoms with E-state index in [1.165, 1.54) is 25.5 Å². The number of piperidine rings is 1. The first-order valence-corrected chi connectivity index (χ1v) is 6.05. The van der Waals surface area contributed by atoms with Gasteiger partial charge in [0.2, 0.25) is 0 Å². The summed E-state index contributed by atoms with van der Waals surface area (Å²) in [4.78, 5) is 11.3. The van der Waals surface area contributed by atoms with Gasteiger partial charge < -0.3 is 10.1 Å². The molecule has 0 aliphatic carbocycles. The highest BCUT2D eigenvalue weighted by atomic mass is 16.5. The second-order valence-corrected chi connectivity index (χ2v) is 4.91. The van der Waals surface area contributed by atoms with Crippen molar-refractivity contribution in [2.24, 2.45) is 0 Å². The van der Waals surface area contributed by atoms with Crippen LogP contribution in [-0.4, -0.2) is 26.2 Å². The molecule has 0 bridgehead atoms. The monoisotopic (exact) mass is 233 g/mol. The Balaban J connectivity index is 2.19. The predicted molar refractivity (Wildman–Crippen MR) is 67.2 cm³/mol. The Kier molecular flexibility index (Phi) is 3.48. The minimum Gasteiger partial charge on any atom is -0.465 e. The smallest absolute Gasteiger partial charge is 0.337 e. The van der Waals surface area contributed by atoms with Crippen molar-refractivity contribution in [3.63, 3.8) is 0 Å². The number of carbonyl (C=O) groups is 1. The van der Waals surface area contributed by atoms with Gasteiger partial charge in [0, 0.05) is 12.0 Å². The zero-order valence-corrected chi connectivity index (χ0v) is 10.5. The topological polar surface area (TPSA) is 38.3 Å². The van der Waals surface area contributed by atoms with Crippen LogP contribution in [0.4, 0.5) is 0 Å². The van der Waals surface area contributed by atoms with Gasteiger partial charge in [-0.15, -0.1) is 0 Å². The summed E-state index contributed by atoms with van der Waals surface area (Å²) in [6.07, 6.45) is 2.40. The van der Waals surface area contributed by atoms with Gasteiger partial charge >= 0.3 is 5.97 Å². The first kappa shape index (κ1) is 12.1. The fourth-order valence-corrected chi connectivity index (χ4v) is 2.43. The van der Waals surface area contributed by atoms with E-state index in [1.807, 2.05) is 24.3 Å². The highest BCUT2D eigenvalue weighted by Gasteiger charge is 2.28. The molecule has 0 amide bonds. The number of methoxy groups -OCH3 is 1. The molecule has 2 rings (SSSR count). The Bertz CT molecular complexity index is 391. The summed E-state index contributed by atoms with van der Waals surface area (Å²) in [7, 11) is 1.41. The molecule has 1 aliphatic heterocycles. The highest BCUT2D eigenvalue weighted by Crippen LogP contribution is 2.30. The van der Waals surface area contributed by atoms with E-state index in [0.29, 0.717) is 5.56 Å². The molecule has 92 valence electrons. The number of benzene rings is 1. The molecule has 1 heterocycles. The van der Waals surface area contributed by atoms with Crippen LogP contribution in [0.5, 0.6) is 0 Å². The molecule has 1 saturated heterocycles. The van der Waals surface area contributed by atoms with Crippen LogP contribution in [0, 0.1) is 0 Å². The third-order valence-electron chi connectivity index (χ3n) is 3.60. The third-order valence-corrected chi connectivity index (χ3v) is 3.60. The Hall–Kier alpha value is -1.35. The average molecular weight is 233 g/mol. The van der Waals surface area contributed by atoms with E-state index >= 15 is 0 Å². The Labute approximate surface area is 102 Å². The van der Waals surface area contributed by atoms with Crippen LogP contribution in [0.2, 0.25) is 0 Å². The summed E-state index contributed by atoms with van der Waals surface area (Å²) < 4.78 is 4.70. The SMILES string of the molecule is COC(=O)c1ccc([C@@]2(C)CCCNC2)cc1. The zero-order chi connectivity index (χ0) is 12.3. The summed E-state index contributed by atoms with van der Waals surface area (Å²) in [5.74, 6) is -0.275. The second-order valence-electron chi connectivity index (χ2n) is 4.91. The van der Waals surface area contributed by atoms with Gasteiger partial charge in [-0.05, 0) is 37.1 Å². The number of hydrogen-bond donors (Lipinski definition) is 1. The van der Waals surface area contributed by atoms with Crippen LogP contribution in [0.3, 0.4) is 0 Å². The van der Waals surface area contributed by atoms with E-state index in [1.54, 1.807) is 0 Å². The Morgan fingerprint density at radius 3 is 2.59 bits per heavy atom. The standard InChI is InChI=1S/C14H19NO2/c1-14(8-3-9-15-10-14)12-6-4-11(5-7-12)13(16)17-2/h4-7,15H,3,8-10H2,1-2H3/t14-/m0/s1. The van der Waals surface area contributed by atoms with Crippen molar-refractivity contribution in [3.05, 3.63) is 35.4 Å². The van der Waals surface area contributed by atoms with Crippen molar-refractivity contribution in [1.82, 2.24) is 5.32 Å². The van der Waals surface area contributed by atoms with Crippen molar-refractivity contribution in [2.75, 3.05) is 20.2 Å². The first-order valence-electron chi connectivity index (χ1n) is 6.05. The fourth-order valence-electron chi connectivity index (χ4n) is 2.43. The van der Waals surface area contributed by atoms with E-state index in [9.17, 15) is 4.79 Å². The molecular formula is C14H19NO2. The predicted octanol–water partition coefficient (Wildman–Crippen LogP) is 2.11. The fraction of sp³-hybridized carbons (Fsp3) is 0.500. The summed E-state index contributed by atoms with van der Waals surface area (Å²) in [5.41, 5.74) is 2.09. The lowest BCUT2D eigenvalue weighted by atomic mass is 9.76. The number of carbonyl (C=O) groups excluding carboxylic acids is 1. The minimum atomic E-state index is -0.275. The molecule has 1 aliphatic rings. The molecule has 0 radical (unpaired) electrons. The molecule has 1 fully saturated rings. The van der Waals surface area contributed by atoms with Gasteiger partial charge in [-0.25, -0.2) is 4.79 Å². The molecule has 3 nitrogen and oxygen atoms in total. The van der Waals surface area contributed by atoms with E-state index in [-0.39, 0.29) is 11.4 Å². The van der Waals surface area contributed by atoms with Crippen molar-refractivity contribution in [1.29, 1.82) is 0 Å². The quantitative estimate of drug-likeness (QED) is 0.795. The number of esters is 1. The van der Waals surface area contributed by atoms with Gasteiger partial charge in [-0.3, -0.25) is 0 Å². The van der Waals surface area contributed by atoms with Crippen LogP contribution in [0.1, 0.15) is 35.7 Å². The van der Waals surface area contributed by atoms with Crippen LogP contribution >= 0.6 is 0 Å². The van der Waals surface area contributed by atoms with Crippen LogP contribution < -0.4 is 5.32 Å². The summed E-state index contributed by atoms with van der Waals surface area (Å²) in [5, 5.41) is 3.43. The Morgan fingerprint density at radius 1 is 1.35 bits per heavy atom. The van der Waals surface area contributed by atoms with Crippen molar-refractivity contribution in [3.8, 4) is 0 Å². The first-order chi connectivity index (χ1) is 8.15. The summed E-state index contributed by atoms with van der Waals surface area (Å²) >= 11 is 0. The molecule has 0 aromatic heterocycles. The molecule has 0 unspecified atom stereocenters. The second kappa shape index (κ2) is 4.88. The third kappa shape index (κ3) is 2.50. The number of rotatable bonds is 2. The molecular weight excluding hydrogens is 214 g/mol. The van der Waals surface area contributed by atoms with Gasteiger partial charge in [-0.2, -0.15) is 0 Å². The lowest BCUT2D eigenvalue weighted by Crippen LogP contribution is -2.41. The van der Waals surface area contributed by atoms with E-state index in [0.717, 1.165) is 13.1 Å². The van der Waals surface area contributed by atoms with Gasteiger partial charge in [0.15, 0.2) is 0 Å². The largest absolute Gasteiger partial charge is 0.465 e. The van der Waals surface area contributed by atoms with Crippen LogP contribution in [0.15, 0.2) is 24.3 Å². The van der Waals surface area contributed by atoms with Gasteiger partial charge in [-0.1, -0.05) is 19.1 Å². The lowest BCUT2D eigenvalue weighted by Gasteiger charge is -2.34. The number of hydrogen-bond acceptors (Lipinski definition) is 3. The maximum Gasteiger partial charge on any atom is 0.337 e. The lowest BCUT2D eigenvalue weighted by molar-refractivity contribution is 0.0600. The molecule has 1 N–H and O–H groups in total. The van der Waals surface area contributed by atoms with E-state index in [4.69, 9.17) is 4.74 Å². The molecule has 0 spiro atoms. The molecule has 3 heteroatoms. The number of nitrogens with one attached hydrogen (secondary N) is 1. The molecule has 17 heavy (non-hydrogen) atoms. The van der Waals surface area contributed by atoms with Gasteiger partial charge in [0.1, 0.15) is 0 Å². The molecule has 1 aromatic carbocycles. The van der Waals surface area contributed by atoms with Crippen LogP contribution in [-0.2, 0) is 10.2 Å². The molecule has 1 aromatic rings. The van der Waals surface area contributed by atoms with Crippen molar-refractivity contribution < 1.29 is 9.53 Å². The van der Waals surface area contributed by atoms with E-state index < -0.39 is 0 Å². The normalized spacial score (nSPS) is 24.4. The van der Waals surface area contributed by atoms with Gasteiger partial charge in [0.05, 0.1) is 12.7 Å². The Morgan fingerprint density at radius 2 is 2.06 bits per heavy atom. The maximum atomic E-state index is 11.3. The summed E-state index contributed by atoms with van der Waals surface area (Å²) in [6.45, 7) is 4.38. The maximum absolute atomic E-state index is 11.3. The number of ether oxygens (including phenoxy) is 1. The van der Waals surface area contributed by atoms with Gasteiger partial charge in [0.25, 0.3) is 0 Å². The summed E-state index contributed by atoms with van der Waals surface area (Å²) in [6, 6.07) is 7.78. The minimum absolute atomic E-state index is 0.187. The molecule has 0 saturated carbocycles. The average Bonchev–Trinajstić information content (AvgIpc) is 2.39. The van der Waals surface area contributed by atoms with Crippen LogP contribution in [0.25, 0.3) is 0 Å².